The largest absolute Gasteiger partial charge is 0.486 e. The van der Waals surface area contributed by atoms with E-state index >= 15 is 0 Å². The molecule has 2 amide bonds. The van der Waals surface area contributed by atoms with Crippen molar-refractivity contribution in [3.8, 4) is 11.5 Å². The lowest BCUT2D eigenvalue weighted by Crippen LogP contribution is -2.45. The zero-order valence-corrected chi connectivity index (χ0v) is 18.3. The maximum absolute atomic E-state index is 12.6. The highest BCUT2D eigenvalue weighted by molar-refractivity contribution is 7.89. The summed E-state index contributed by atoms with van der Waals surface area (Å²) in [5.41, 5.74) is 1.28. The number of nitrogens with one attached hydrogen (secondary N) is 3. The van der Waals surface area contributed by atoms with E-state index in [0.29, 0.717) is 30.4 Å². The summed E-state index contributed by atoms with van der Waals surface area (Å²) >= 11 is 0. The number of fused-ring (bicyclic) bond motifs is 1. The summed E-state index contributed by atoms with van der Waals surface area (Å²) in [5.74, 6) is 0.535. The number of ether oxygens (including phenoxy) is 2. The number of anilines is 1. The molecule has 2 atom stereocenters. The third-order valence-corrected chi connectivity index (χ3v) is 6.19. The van der Waals surface area contributed by atoms with Crippen LogP contribution in [0.3, 0.4) is 0 Å². The van der Waals surface area contributed by atoms with Gasteiger partial charge in [-0.2, -0.15) is 4.72 Å². The lowest BCUT2D eigenvalue weighted by Gasteiger charge is -2.22. The molecule has 9 nitrogen and oxygen atoms in total. The molecule has 3 rings (SSSR count). The first kappa shape index (κ1) is 22.6. The Kier molecular flexibility index (Phi) is 6.81. The van der Waals surface area contributed by atoms with Crippen LogP contribution in [0.1, 0.15) is 32.4 Å². The molecule has 0 spiro atoms. The van der Waals surface area contributed by atoms with E-state index in [-0.39, 0.29) is 16.8 Å². The average Bonchev–Trinajstić information content (AvgIpc) is 2.73. The first-order chi connectivity index (χ1) is 14.7. The van der Waals surface area contributed by atoms with Crippen LogP contribution in [0, 0.1) is 0 Å². The van der Waals surface area contributed by atoms with Crippen LogP contribution in [0.25, 0.3) is 0 Å². The summed E-state index contributed by atoms with van der Waals surface area (Å²) < 4.78 is 38.6. The van der Waals surface area contributed by atoms with Gasteiger partial charge in [-0.05, 0) is 55.8 Å². The van der Waals surface area contributed by atoms with Crippen molar-refractivity contribution < 1.29 is 27.5 Å². The standard InChI is InChI=1S/C21H25N3O6S/c1-13(16-4-9-19-20(12-16)30-11-10-29-19)22-21(26)14(2)24-31(27,28)18-7-5-17(6-8-18)23-15(3)25/h4-9,12-14,24H,10-11H2,1-3H3,(H,22,26)(H,23,25)/t13-,14-/m1/s1. The molecule has 2 aromatic carbocycles. The van der Waals surface area contributed by atoms with E-state index in [4.69, 9.17) is 9.47 Å². The van der Waals surface area contributed by atoms with Crippen LogP contribution in [0.4, 0.5) is 5.69 Å². The number of carbonyl (C=O) groups is 2. The molecule has 3 N–H and O–H groups in total. The second kappa shape index (κ2) is 9.36. The summed E-state index contributed by atoms with van der Waals surface area (Å²) in [4.78, 5) is 23.6. The normalized spacial score (nSPS) is 14.9. The molecule has 0 unspecified atom stereocenters. The Morgan fingerprint density at radius 3 is 2.26 bits per heavy atom. The van der Waals surface area contributed by atoms with Crippen LogP contribution < -0.4 is 24.8 Å². The molecule has 0 saturated heterocycles. The van der Waals surface area contributed by atoms with E-state index in [1.165, 1.54) is 38.1 Å². The van der Waals surface area contributed by atoms with E-state index in [1.54, 1.807) is 19.1 Å². The van der Waals surface area contributed by atoms with Gasteiger partial charge in [-0.25, -0.2) is 8.42 Å². The molecular formula is C21H25N3O6S. The van der Waals surface area contributed by atoms with Crippen LogP contribution >= 0.6 is 0 Å². The molecule has 2 aromatic rings. The molecule has 1 aliphatic heterocycles. The highest BCUT2D eigenvalue weighted by atomic mass is 32.2. The van der Waals surface area contributed by atoms with E-state index < -0.39 is 22.0 Å². The Morgan fingerprint density at radius 1 is 0.968 bits per heavy atom. The lowest BCUT2D eigenvalue weighted by molar-refractivity contribution is -0.123. The van der Waals surface area contributed by atoms with Crippen LogP contribution in [-0.4, -0.2) is 39.5 Å². The lowest BCUT2D eigenvalue weighted by atomic mass is 10.1. The van der Waals surface area contributed by atoms with Crippen molar-refractivity contribution >= 4 is 27.5 Å². The van der Waals surface area contributed by atoms with Gasteiger partial charge in [-0.1, -0.05) is 6.07 Å². The van der Waals surface area contributed by atoms with Gasteiger partial charge in [0.2, 0.25) is 21.8 Å². The van der Waals surface area contributed by atoms with E-state index in [1.807, 2.05) is 6.07 Å². The molecule has 31 heavy (non-hydrogen) atoms. The van der Waals surface area contributed by atoms with Crippen molar-refractivity contribution in [2.24, 2.45) is 0 Å². The molecule has 0 bridgehead atoms. The number of hydrogen-bond acceptors (Lipinski definition) is 6. The van der Waals surface area contributed by atoms with Gasteiger partial charge in [0.1, 0.15) is 13.2 Å². The SMILES string of the molecule is CC(=O)Nc1ccc(S(=O)(=O)N[C@H](C)C(=O)N[C@H](C)c2ccc3c(c2)OCCO3)cc1. The van der Waals surface area contributed by atoms with Crippen LogP contribution in [-0.2, 0) is 19.6 Å². The van der Waals surface area contributed by atoms with Crippen molar-refractivity contribution in [3.05, 3.63) is 48.0 Å². The van der Waals surface area contributed by atoms with Crippen molar-refractivity contribution in [1.29, 1.82) is 0 Å². The maximum atomic E-state index is 12.6. The Labute approximate surface area is 181 Å². The summed E-state index contributed by atoms with van der Waals surface area (Å²) in [6.07, 6.45) is 0. The van der Waals surface area contributed by atoms with E-state index in [2.05, 4.69) is 15.4 Å². The number of carbonyl (C=O) groups excluding carboxylic acids is 2. The quantitative estimate of drug-likeness (QED) is 0.596. The first-order valence-electron chi connectivity index (χ1n) is 9.75. The minimum atomic E-state index is -3.92. The molecular weight excluding hydrogens is 422 g/mol. The molecule has 1 heterocycles. The Balaban J connectivity index is 1.62. The second-order valence-electron chi connectivity index (χ2n) is 7.18. The number of benzene rings is 2. The Morgan fingerprint density at radius 2 is 1.61 bits per heavy atom. The van der Waals surface area contributed by atoms with Gasteiger partial charge in [0.25, 0.3) is 0 Å². The zero-order valence-electron chi connectivity index (χ0n) is 17.5. The Bertz CT molecular complexity index is 1070. The van der Waals surface area contributed by atoms with Crippen molar-refractivity contribution in [3.63, 3.8) is 0 Å². The summed E-state index contributed by atoms with van der Waals surface area (Å²) in [7, 11) is -3.92. The number of sulfonamides is 1. The molecule has 10 heteroatoms. The fraction of sp³-hybridized carbons (Fsp3) is 0.333. The number of rotatable bonds is 7. The number of amides is 2. The molecule has 0 aromatic heterocycles. The summed E-state index contributed by atoms with van der Waals surface area (Å²) in [5, 5.41) is 5.36. The minimum Gasteiger partial charge on any atom is -0.486 e. The fourth-order valence-electron chi connectivity index (χ4n) is 3.03. The highest BCUT2D eigenvalue weighted by Crippen LogP contribution is 2.32. The molecule has 0 saturated carbocycles. The van der Waals surface area contributed by atoms with E-state index in [9.17, 15) is 18.0 Å². The highest BCUT2D eigenvalue weighted by Gasteiger charge is 2.24. The van der Waals surface area contributed by atoms with E-state index in [0.717, 1.165) is 5.56 Å². The van der Waals surface area contributed by atoms with Gasteiger partial charge >= 0.3 is 0 Å². The molecule has 166 valence electrons. The molecule has 1 aliphatic rings. The predicted octanol–water partition coefficient (Wildman–Crippen LogP) is 1.96. The predicted molar refractivity (Wildman–Crippen MR) is 115 cm³/mol. The van der Waals surface area contributed by atoms with Gasteiger partial charge in [0.05, 0.1) is 17.0 Å². The van der Waals surface area contributed by atoms with Gasteiger partial charge in [-0.3, -0.25) is 9.59 Å². The smallest absolute Gasteiger partial charge is 0.241 e. The van der Waals surface area contributed by atoms with Crippen molar-refractivity contribution in [2.45, 2.75) is 37.8 Å². The second-order valence-corrected chi connectivity index (χ2v) is 8.90. The molecule has 0 fully saturated rings. The minimum absolute atomic E-state index is 0.0128. The summed E-state index contributed by atoms with van der Waals surface area (Å²) in [6, 6.07) is 9.70. The Hall–Kier alpha value is -3.11. The summed E-state index contributed by atoms with van der Waals surface area (Å²) in [6.45, 7) is 5.58. The van der Waals surface area contributed by atoms with Gasteiger partial charge in [0, 0.05) is 12.6 Å². The van der Waals surface area contributed by atoms with Crippen LogP contribution in [0.15, 0.2) is 47.4 Å². The average molecular weight is 448 g/mol. The van der Waals surface area contributed by atoms with Crippen molar-refractivity contribution in [2.75, 3.05) is 18.5 Å². The number of hydrogen-bond donors (Lipinski definition) is 3. The third kappa shape index (κ3) is 5.74. The van der Waals surface area contributed by atoms with Crippen LogP contribution in [0.5, 0.6) is 11.5 Å². The van der Waals surface area contributed by atoms with Crippen LogP contribution in [0.2, 0.25) is 0 Å². The van der Waals surface area contributed by atoms with Gasteiger partial charge in [0.15, 0.2) is 11.5 Å². The zero-order chi connectivity index (χ0) is 22.6. The topological polar surface area (TPSA) is 123 Å². The monoisotopic (exact) mass is 447 g/mol. The molecule has 0 radical (unpaired) electrons. The fourth-order valence-corrected chi connectivity index (χ4v) is 4.23. The molecule has 0 aliphatic carbocycles. The van der Waals surface area contributed by atoms with Crippen molar-refractivity contribution in [1.82, 2.24) is 10.0 Å². The third-order valence-electron chi connectivity index (χ3n) is 4.64. The van der Waals surface area contributed by atoms with Gasteiger partial charge < -0.3 is 20.1 Å². The first-order valence-corrected chi connectivity index (χ1v) is 11.2. The maximum Gasteiger partial charge on any atom is 0.241 e. The van der Waals surface area contributed by atoms with Gasteiger partial charge in [-0.15, -0.1) is 0 Å².